The van der Waals surface area contributed by atoms with Crippen LogP contribution in [0.3, 0.4) is 0 Å². The van der Waals surface area contributed by atoms with Crippen molar-refractivity contribution in [1.29, 1.82) is 0 Å². The molecule has 3 rings (SSSR count). The van der Waals surface area contributed by atoms with Crippen LogP contribution in [0.25, 0.3) is 0 Å². The minimum Gasteiger partial charge on any atom is -0.344 e. The van der Waals surface area contributed by atoms with Gasteiger partial charge >= 0.3 is 0 Å². The molecule has 3 heterocycles. The quantitative estimate of drug-likeness (QED) is 0.454. The summed E-state index contributed by atoms with van der Waals surface area (Å²) in [5, 5.41) is 0. The Morgan fingerprint density at radius 3 is 3.64 bits per heavy atom. The Balaban J connectivity index is 2.00. The molecule has 2 unspecified atom stereocenters. The van der Waals surface area contributed by atoms with Crippen LogP contribution in [-0.2, 0) is 4.74 Å². The van der Waals surface area contributed by atoms with Gasteiger partial charge in [-0.05, 0) is 6.08 Å². The van der Waals surface area contributed by atoms with Gasteiger partial charge in [-0.3, -0.25) is 0 Å². The second kappa shape index (κ2) is 1.71. The average Bonchev–Trinajstić information content (AvgIpc) is 2.77. The summed E-state index contributed by atoms with van der Waals surface area (Å²) in [7, 11) is 0. The minimum absolute atomic E-state index is 0.102. The number of rotatable bonds is 0. The van der Waals surface area contributed by atoms with E-state index in [1.165, 1.54) is 0 Å². The third kappa shape index (κ3) is 0.728. The minimum atomic E-state index is 0.102. The molecule has 2 atom stereocenters. The number of fused-ring (bicyclic) bond motifs is 2. The molecule has 0 bridgehead atoms. The molecule has 1 saturated heterocycles. The first kappa shape index (κ1) is 5.49. The van der Waals surface area contributed by atoms with E-state index in [2.05, 4.69) is 9.98 Å². The topological polar surface area (TPSA) is 40.5 Å². The monoisotopic (exact) mass is 149 g/mol. The van der Waals surface area contributed by atoms with E-state index in [1.54, 1.807) is 6.21 Å². The van der Waals surface area contributed by atoms with Crippen molar-refractivity contribution in [2.45, 2.75) is 12.3 Å². The molecule has 0 saturated carbocycles. The summed E-state index contributed by atoms with van der Waals surface area (Å²) in [5.74, 6) is 0.784. The maximum absolute atomic E-state index is 5.23. The molecule has 0 spiro atoms. The van der Waals surface area contributed by atoms with Crippen LogP contribution in [-0.4, -0.2) is 36.0 Å². The highest BCUT2D eigenvalue weighted by Gasteiger charge is 2.44. The lowest BCUT2D eigenvalue weighted by Crippen LogP contribution is -2.34. The van der Waals surface area contributed by atoms with Gasteiger partial charge in [-0.25, -0.2) is 9.98 Å². The van der Waals surface area contributed by atoms with Crippen molar-refractivity contribution in [1.82, 2.24) is 4.90 Å². The fourth-order valence-electron chi connectivity index (χ4n) is 1.33. The van der Waals surface area contributed by atoms with Crippen molar-refractivity contribution in [2.75, 3.05) is 6.54 Å². The number of ether oxygens (including phenoxy) is 1. The summed E-state index contributed by atoms with van der Waals surface area (Å²) < 4.78 is 5.23. The fraction of sp³-hybridized carbons (Fsp3) is 0.429. The highest BCUT2D eigenvalue weighted by Crippen LogP contribution is 2.29. The summed E-state index contributed by atoms with van der Waals surface area (Å²) in [6.07, 6.45) is 6.05. The smallest absolute Gasteiger partial charge is 0.227 e. The molecule has 0 amide bonds. The molecule has 0 aromatic rings. The number of aliphatic imine (C=N–C) groups is 2. The second-order valence-corrected chi connectivity index (χ2v) is 2.77. The summed E-state index contributed by atoms with van der Waals surface area (Å²) in [6, 6.07) is 0. The lowest BCUT2D eigenvalue weighted by atomic mass is 10.3. The second-order valence-electron chi connectivity index (χ2n) is 2.77. The summed E-state index contributed by atoms with van der Waals surface area (Å²) in [6.45, 7) is 0.900. The van der Waals surface area contributed by atoms with Gasteiger partial charge < -0.3 is 9.64 Å². The van der Waals surface area contributed by atoms with Crippen molar-refractivity contribution in [3.05, 3.63) is 12.3 Å². The zero-order valence-corrected chi connectivity index (χ0v) is 5.84. The van der Waals surface area contributed by atoms with Gasteiger partial charge in [0.25, 0.3) is 0 Å². The van der Waals surface area contributed by atoms with Crippen LogP contribution in [0.4, 0.5) is 0 Å². The Morgan fingerprint density at radius 2 is 2.64 bits per heavy atom. The molecule has 3 aliphatic heterocycles. The Labute approximate surface area is 63.9 Å². The van der Waals surface area contributed by atoms with Crippen LogP contribution in [0, 0.1) is 0 Å². The molecule has 0 aromatic heterocycles. The number of hydrogen-bond donors (Lipinski definition) is 0. The van der Waals surface area contributed by atoms with E-state index in [0.717, 1.165) is 12.5 Å². The van der Waals surface area contributed by atoms with Gasteiger partial charge in [0, 0.05) is 12.4 Å². The maximum Gasteiger partial charge on any atom is 0.227 e. The van der Waals surface area contributed by atoms with E-state index in [9.17, 15) is 0 Å². The van der Waals surface area contributed by atoms with Crippen LogP contribution in [0.15, 0.2) is 22.3 Å². The van der Waals surface area contributed by atoms with Crippen molar-refractivity contribution >= 4 is 12.2 Å². The van der Waals surface area contributed by atoms with Crippen molar-refractivity contribution in [3.8, 4) is 0 Å². The van der Waals surface area contributed by atoms with Crippen LogP contribution in [0.1, 0.15) is 0 Å². The van der Waals surface area contributed by atoms with Crippen molar-refractivity contribution < 1.29 is 4.74 Å². The largest absolute Gasteiger partial charge is 0.344 e. The summed E-state index contributed by atoms with van der Waals surface area (Å²) in [4.78, 5) is 10.4. The zero-order valence-electron chi connectivity index (χ0n) is 5.84. The molecule has 0 radical (unpaired) electrons. The van der Waals surface area contributed by atoms with Crippen LogP contribution in [0.2, 0.25) is 0 Å². The van der Waals surface area contributed by atoms with Gasteiger partial charge in [0.2, 0.25) is 5.96 Å². The van der Waals surface area contributed by atoms with Gasteiger partial charge in [0.05, 0.1) is 6.54 Å². The highest BCUT2D eigenvalue weighted by molar-refractivity contribution is 5.94. The predicted molar refractivity (Wildman–Crippen MR) is 40.4 cm³/mol. The molecule has 56 valence electrons. The Morgan fingerprint density at radius 1 is 1.64 bits per heavy atom. The molecule has 11 heavy (non-hydrogen) atoms. The average molecular weight is 149 g/mol. The first-order valence-electron chi connectivity index (χ1n) is 3.64. The highest BCUT2D eigenvalue weighted by atomic mass is 16.6. The lowest BCUT2D eigenvalue weighted by Gasteiger charge is -2.21. The maximum atomic E-state index is 5.23. The number of epoxide rings is 1. The van der Waals surface area contributed by atoms with Crippen molar-refractivity contribution in [3.63, 3.8) is 0 Å². The van der Waals surface area contributed by atoms with Gasteiger partial charge in [-0.1, -0.05) is 0 Å². The third-order valence-corrected chi connectivity index (χ3v) is 1.97. The molecule has 4 heteroatoms. The van der Waals surface area contributed by atoms with E-state index in [-0.39, 0.29) is 6.23 Å². The third-order valence-electron chi connectivity index (χ3n) is 1.97. The Hall–Kier alpha value is -1.16. The Kier molecular flexibility index (Phi) is 0.851. The molecular weight excluding hydrogens is 142 g/mol. The van der Waals surface area contributed by atoms with Gasteiger partial charge in [-0.15, -0.1) is 0 Å². The molecule has 3 aliphatic rings. The first-order valence-corrected chi connectivity index (χ1v) is 3.64. The molecule has 0 aliphatic carbocycles. The van der Waals surface area contributed by atoms with E-state index < -0.39 is 0 Å². The number of hydrogen-bond acceptors (Lipinski definition) is 4. The van der Waals surface area contributed by atoms with Crippen LogP contribution in [0.5, 0.6) is 0 Å². The molecular formula is C7H7N3O. The lowest BCUT2D eigenvalue weighted by molar-refractivity contribution is 0.361. The molecule has 0 aromatic carbocycles. The van der Waals surface area contributed by atoms with E-state index in [1.807, 2.05) is 17.2 Å². The number of guanidine groups is 1. The SMILES string of the molecule is C1=CN2CC3OC3N=C2N=C1. The number of allylic oxidation sites excluding steroid dienone is 1. The normalized spacial score (nSPS) is 37.8. The summed E-state index contributed by atoms with van der Waals surface area (Å²) in [5.41, 5.74) is 0. The molecule has 1 fully saturated rings. The fourth-order valence-corrected chi connectivity index (χ4v) is 1.33. The van der Waals surface area contributed by atoms with Gasteiger partial charge in [-0.2, -0.15) is 0 Å². The van der Waals surface area contributed by atoms with Gasteiger partial charge in [0.1, 0.15) is 6.10 Å². The first-order chi connectivity index (χ1) is 5.43. The number of nitrogens with zero attached hydrogens (tertiary/aromatic N) is 3. The Bertz CT molecular complexity index is 281. The van der Waals surface area contributed by atoms with E-state index in [0.29, 0.717) is 6.10 Å². The van der Waals surface area contributed by atoms with Crippen LogP contribution < -0.4 is 0 Å². The van der Waals surface area contributed by atoms with Crippen molar-refractivity contribution in [2.24, 2.45) is 9.98 Å². The zero-order chi connectivity index (χ0) is 7.26. The molecule has 0 N–H and O–H groups in total. The van der Waals surface area contributed by atoms with Gasteiger partial charge in [0.15, 0.2) is 6.23 Å². The summed E-state index contributed by atoms with van der Waals surface area (Å²) >= 11 is 0. The molecule has 4 nitrogen and oxygen atoms in total. The predicted octanol–water partition coefficient (Wildman–Crippen LogP) is -0.0190. The van der Waals surface area contributed by atoms with E-state index >= 15 is 0 Å². The van der Waals surface area contributed by atoms with Crippen LogP contribution >= 0.6 is 0 Å². The van der Waals surface area contributed by atoms with E-state index in [4.69, 9.17) is 4.74 Å². The standard InChI is InChI=1S/C7H7N3O/c1-2-8-7-9-6-5(11-6)4-10(7)3-1/h1-3,5-6H,4H2.